The molecule has 128 valence electrons. The van der Waals surface area contributed by atoms with Crippen molar-refractivity contribution in [3.63, 3.8) is 0 Å². The highest BCUT2D eigenvalue weighted by atomic mass is 32.2. The smallest absolute Gasteiger partial charge is 0.325 e. The van der Waals surface area contributed by atoms with Crippen LogP contribution in [0.4, 0.5) is 0 Å². The van der Waals surface area contributed by atoms with Crippen LogP contribution in [-0.4, -0.2) is 22.6 Å². The van der Waals surface area contributed by atoms with Crippen molar-refractivity contribution in [1.29, 1.82) is 0 Å². The molecule has 6 heteroatoms. The highest BCUT2D eigenvalue weighted by molar-refractivity contribution is 7.99. The van der Waals surface area contributed by atoms with Crippen LogP contribution in [0.3, 0.4) is 0 Å². The van der Waals surface area contributed by atoms with Crippen LogP contribution in [0.5, 0.6) is 0 Å². The largest absolute Gasteiger partial charge is 0.468 e. The number of carbonyl (C=O) groups excluding carboxylic acids is 1. The summed E-state index contributed by atoms with van der Waals surface area (Å²) in [6.45, 7) is 1.89. The molecular weight excluding hydrogens is 336 g/mol. The van der Waals surface area contributed by atoms with Gasteiger partial charge < -0.3 is 4.74 Å². The zero-order valence-corrected chi connectivity index (χ0v) is 14.8. The first-order valence-corrected chi connectivity index (χ1v) is 8.76. The number of thioether (sulfide) groups is 1. The van der Waals surface area contributed by atoms with Gasteiger partial charge in [-0.1, -0.05) is 54.2 Å². The molecule has 25 heavy (non-hydrogen) atoms. The molecule has 0 N–H and O–H groups in total. The fourth-order valence-corrected chi connectivity index (χ4v) is 3.56. The summed E-state index contributed by atoms with van der Waals surface area (Å²) < 4.78 is 6.12. The third kappa shape index (κ3) is 3.74. The monoisotopic (exact) mass is 354 g/mol. The number of hydrogen-bond donors (Lipinski definition) is 0. The molecule has 0 aliphatic heterocycles. The number of rotatable bonds is 5. The van der Waals surface area contributed by atoms with E-state index in [2.05, 4.69) is 4.98 Å². The molecule has 3 aromatic rings. The van der Waals surface area contributed by atoms with Gasteiger partial charge in [0.2, 0.25) is 0 Å². The lowest BCUT2D eigenvalue weighted by Crippen LogP contribution is -2.27. The van der Waals surface area contributed by atoms with Crippen molar-refractivity contribution in [2.45, 2.75) is 23.9 Å². The Morgan fingerprint density at radius 3 is 2.56 bits per heavy atom. The van der Waals surface area contributed by atoms with Gasteiger partial charge in [0.25, 0.3) is 5.56 Å². The summed E-state index contributed by atoms with van der Waals surface area (Å²) in [6, 6.07) is 17.1. The normalized spacial score (nSPS) is 12.1. The zero-order chi connectivity index (χ0) is 17.8. The fraction of sp³-hybridized carbons (Fsp3) is 0.211. The number of methoxy groups -OCH3 is 1. The summed E-state index contributed by atoms with van der Waals surface area (Å²) >= 11 is 1.45. The summed E-state index contributed by atoms with van der Waals surface area (Å²) in [7, 11) is 1.31. The molecule has 0 radical (unpaired) electrons. The van der Waals surface area contributed by atoms with Crippen LogP contribution in [0, 0.1) is 0 Å². The van der Waals surface area contributed by atoms with Crippen molar-refractivity contribution >= 4 is 28.6 Å². The van der Waals surface area contributed by atoms with Crippen LogP contribution < -0.4 is 5.56 Å². The van der Waals surface area contributed by atoms with E-state index in [1.54, 1.807) is 18.2 Å². The van der Waals surface area contributed by atoms with Gasteiger partial charge in [0.15, 0.2) is 5.16 Å². The minimum atomic E-state index is -0.478. The fourth-order valence-electron chi connectivity index (χ4n) is 2.52. The molecule has 1 atom stereocenters. The van der Waals surface area contributed by atoms with E-state index in [1.807, 2.05) is 43.3 Å². The molecule has 1 heterocycles. The van der Waals surface area contributed by atoms with E-state index in [4.69, 9.17) is 4.74 Å². The van der Waals surface area contributed by atoms with E-state index in [9.17, 15) is 9.59 Å². The van der Waals surface area contributed by atoms with Crippen LogP contribution >= 0.6 is 11.8 Å². The molecule has 0 aliphatic carbocycles. The number of fused-ring (bicyclic) bond motifs is 1. The first kappa shape index (κ1) is 17.2. The van der Waals surface area contributed by atoms with Crippen LogP contribution in [-0.2, 0) is 16.1 Å². The molecule has 0 spiro atoms. The topological polar surface area (TPSA) is 61.2 Å². The summed E-state index contributed by atoms with van der Waals surface area (Å²) in [4.78, 5) is 29.2. The second-order valence-electron chi connectivity index (χ2n) is 5.55. The molecular formula is C19H18N2O3S. The maximum atomic E-state index is 12.8. The molecule has 5 nitrogen and oxygen atoms in total. The number of nitrogens with zero attached hydrogens (tertiary/aromatic N) is 2. The third-order valence-corrected chi connectivity index (χ3v) is 5.04. The number of carbonyl (C=O) groups is 1. The molecule has 0 aliphatic rings. The Morgan fingerprint density at radius 1 is 1.16 bits per heavy atom. The number of ether oxygens (including phenoxy) is 1. The molecule has 0 saturated carbocycles. The second-order valence-corrected chi connectivity index (χ2v) is 6.86. The van der Waals surface area contributed by atoms with Gasteiger partial charge in [0.05, 0.1) is 18.0 Å². The van der Waals surface area contributed by atoms with E-state index >= 15 is 0 Å². The second kappa shape index (κ2) is 7.53. The van der Waals surface area contributed by atoms with Gasteiger partial charge in [0.1, 0.15) is 6.54 Å². The van der Waals surface area contributed by atoms with E-state index < -0.39 is 5.97 Å². The van der Waals surface area contributed by atoms with Gasteiger partial charge in [0, 0.05) is 5.25 Å². The maximum Gasteiger partial charge on any atom is 0.325 e. The number of aromatic nitrogens is 2. The highest BCUT2D eigenvalue weighted by Crippen LogP contribution is 2.33. The van der Waals surface area contributed by atoms with Gasteiger partial charge in [-0.15, -0.1) is 0 Å². The van der Waals surface area contributed by atoms with Gasteiger partial charge >= 0.3 is 5.97 Å². The van der Waals surface area contributed by atoms with Crippen molar-refractivity contribution < 1.29 is 9.53 Å². The first-order chi connectivity index (χ1) is 12.1. The summed E-state index contributed by atoms with van der Waals surface area (Å²) in [5.41, 5.74) is 1.51. The maximum absolute atomic E-state index is 12.8. The number of hydrogen-bond acceptors (Lipinski definition) is 5. The van der Waals surface area contributed by atoms with E-state index in [0.717, 1.165) is 5.56 Å². The molecule has 0 fully saturated rings. The third-order valence-electron chi connectivity index (χ3n) is 3.89. The van der Waals surface area contributed by atoms with Gasteiger partial charge in [-0.05, 0) is 24.6 Å². The van der Waals surface area contributed by atoms with Crippen LogP contribution in [0.2, 0.25) is 0 Å². The van der Waals surface area contributed by atoms with E-state index in [-0.39, 0.29) is 17.4 Å². The molecule has 1 aromatic heterocycles. The Morgan fingerprint density at radius 2 is 1.84 bits per heavy atom. The first-order valence-electron chi connectivity index (χ1n) is 7.88. The van der Waals surface area contributed by atoms with Crippen LogP contribution in [0.25, 0.3) is 10.9 Å². The summed E-state index contributed by atoms with van der Waals surface area (Å²) in [6.07, 6.45) is 0. The lowest BCUT2D eigenvalue weighted by molar-refractivity contribution is -0.141. The molecule has 1 unspecified atom stereocenters. The van der Waals surface area contributed by atoms with Crippen LogP contribution in [0.1, 0.15) is 17.7 Å². The number of para-hydroxylation sites is 1. The minimum Gasteiger partial charge on any atom is -0.468 e. The highest BCUT2D eigenvalue weighted by Gasteiger charge is 2.17. The lowest BCUT2D eigenvalue weighted by atomic mass is 10.2. The van der Waals surface area contributed by atoms with Gasteiger partial charge in [-0.25, -0.2) is 4.98 Å². The average molecular weight is 354 g/mol. The van der Waals surface area contributed by atoms with Crippen molar-refractivity contribution in [2.75, 3.05) is 7.11 Å². The zero-order valence-electron chi connectivity index (χ0n) is 14.0. The molecule has 0 amide bonds. The minimum absolute atomic E-state index is 0.0816. The van der Waals surface area contributed by atoms with E-state index in [0.29, 0.717) is 16.1 Å². The Labute approximate surface area is 149 Å². The summed E-state index contributed by atoms with van der Waals surface area (Å²) in [5.74, 6) is -0.478. The number of benzene rings is 2. The van der Waals surface area contributed by atoms with Crippen LogP contribution in [0.15, 0.2) is 64.5 Å². The Hall–Kier alpha value is -2.60. The Balaban J connectivity index is 2.07. The standard InChI is InChI=1S/C19H18N2O3S/c1-13(14-8-4-3-5-9-14)25-19-20-16-11-7-6-10-15(16)18(23)21(19)12-17(22)24-2/h3-11,13H,12H2,1-2H3. The Kier molecular flexibility index (Phi) is 5.19. The van der Waals surface area contributed by atoms with Crippen molar-refractivity contribution in [2.24, 2.45) is 0 Å². The predicted molar refractivity (Wildman–Crippen MR) is 98.7 cm³/mol. The van der Waals surface area contributed by atoms with Crippen molar-refractivity contribution in [3.05, 3.63) is 70.5 Å². The summed E-state index contributed by atoms with van der Waals surface area (Å²) in [5, 5.41) is 1.08. The van der Waals surface area contributed by atoms with Crippen molar-refractivity contribution in [1.82, 2.24) is 9.55 Å². The van der Waals surface area contributed by atoms with Gasteiger partial charge in [-0.3, -0.25) is 14.2 Å². The molecule has 2 aromatic carbocycles. The lowest BCUT2D eigenvalue weighted by Gasteiger charge is -2.16. The average Bonchev–Trinajstić information content (AvgIpc) is 2.65. The SMILES string of the molecule is COC(=O)Cn1c(SC(C)c2ccccc2)nc2ccccc2c1=O. The van der Waals surface area contributed by atoms with Crippen molar-refractivity contribution in [3.8, 4) is 0 Å². The van der Waals surface area contributed by atoms with E-state index in [1.165, 1.54) is 23.4 Å². The molecule has 0 saturated heterocycles. The van der Waals surface area contributed by atoms with Gasteiger partial charge in [-0.2, -0.15) is 0 Å². The molecule has 3 rings (SSSR count). The molecule has 0 bridgehead atoms. The number of esters is 1. The Bertz CT molecular complexity index is 954. The predicted octanol–water partition coefficient (Wildman–Crippen LogP) is 3.42. The quantitative estimate of drug-likeness (QED) is 0.399.